The monoisotopic (exact) mass is 1710 g/mol. The number of carboxylic acid groups (broad SMARTS) is 4. The summed E-state index contributed by atoms with van der Waals surface area (Å²) in [6, 6.07) is 36.2. The normalized spacial score (nSPS) is 18.9. The number of hydrogen-bond donors (Lipinski definition) is 7. The molecule has 4 aromatic carbocycles. The second-order valence-corrected chi connectivity index (χ2v) is 30.3. The number of morpholine rings is 4. The van der Waals surface area contributed by atoms with Gasteiger partial charge >= 0.3 is 75.3 Å². The molecule has 0 aromatic heterocycles. The van der Waals surface area contributed by atoms with Gasteiger partial charge in [-0.2, -0.15) is 0 Å². The molecule has 6 fully saturated rings. The number of amides is 1. The number of hydrogen-bond acceptors (Lipinski definition) is 22. The summed E-state index contributed by atoms with van der Waals surface area (Å²) in [5.41, 5.74) is 13.6. The maximum Gasteiger partial charge on any atom is 1.00 e. The van der Waals surface area contributed by atoms with Gasteiger partial charge in [0, 0.05) is 77.5 Å². The summed E-state index contributed by atoms with van der Waals surface area (Å²) in [6.45, 7) is 28.8. The molecule has 0 spiro atoms. The molecule has 6 aliphatic rings. The molecule has 10 rings (SSSR count). The second kappa shape index (κ2) is 64.2. The number of alkyl halides is 2. The topological polar surface area (TPSA) is 391 Å². The van der Waals surface area contributed by atoms with E-state index in [1.807, 2.05) is 164 Å². The van der Waals surface area contributed by atoms with Gasteiger partial charge < -0.3 is 67.1 Å². The van der Waals surface area contributed by atoms with E-state index in [1.165, 1.54) is 0 Å². The quantitative estimate of drug-likeness (QED) is 0.0143. The summed E-state index contributed by atoms with van der Waals surface area (Å²) in [7, 11) is 0. The van der Waals surface area contributed by atoms with Crippen molar-refractivity contribution in [3.05, 3.63) is 144 Å². The van der Waals surface area contributed by atoms with Crippen LogP contribution >= 0.6 is 23.2 Å². The maximum atomic E-state index is 13.3. The van der Waals surface area contributed by atoms with Crippen molar-refractivity contribution in [3.8, 4) is 0 Å². The number of halogens is 2. The number of nitrogens with one attached hydrogen (secondary N) is 1. The van der Waals surface area contributed by atoms with Crippen LogP contribution in [0, 0.1) is 29.6 Å². The summed E-state index contributed by atoms with van der Waals surface area (Å²) in [4.78, 5) is 126. The molecule has 1 amide bonds. The third-order valence-corrected chi connectivity index (χ3v) is 18.7. The SMILES string of the molecule is C.C.C.CC.CC(C)C[C@H](N)C(=O)[C@@]1(C)CO1.CC(C)C[C@H](NC(=O)[C@@H](CC(=O)CN1CCOCC1)Cc1ccccc1)C(=O)[C@@]1(C)CO1.ClCCl.N[C@@H](Cc1ccccc1)C(=O)O.O=C(C[C@@H](Cc1ccccc1)C(=O)O)CN1CCOCC1.O=C(C[C@@H](Cc1ccccc1)C(=O)O)CN1CCOCC1.O=C(O)CN1CCOCC1.[H-].[K+]. The molecule has 6 aliphatic heterocycles. The number of benzene rings is 4. The third kappa shape index (κ3) is 50.4. The number of carbonyl (C=O) groups is 10. The smallest absolute Gasteiger partial charge is 1.00 e. The Bertz CT molecular complexity index is 3320. The van der Waals surface area contributed by atoms with Crippen LogP contribution in [0.5, 0.6) is 0 Å². The van der Waals surface area contributed by atoms with Crippen molar-refractivity contribution in [1.29, 1.82) is 0 Å². The largest absolute Gasteiger partial charge is 1.00 e. The zero-order valence-corrected chi connectivity index (χ0v) is 72.9. The van der Waals surface area contributed by atoms with Gasteiger partial charge in [-0.25, -0.2) is 0 Å². The fraction of sp³-hybridized carbons (Fsp3) is 0.609. The molecule has 9 N–H and O–H groups in total. The van der Waals surface area contributed by atoms with Gasteiger partial charge in [0.1, 0.15) is 34.6 Å². The number of rotatable bonds is 35. The van der Waals surface area contributed by atoms with E-state index in [9.17, 15) is 58.2 Å². The van der Waals surface area contributed by atoms with Crippen LogP contribution in [0.15, 0.2) is 121 Å². The Kier molecular flexibility index (Phi) is 62.2. The molecule has 0 radical (unpaired) electrons. The molecule has 30 heteroatoms. The van der Waals surface area contributed by atoms with Crippen molar-refractivity contribution in [3.63, 3.8) is 0 Å². The Morgan fingerprint density at radius 3 is 0.957 bits per heavy atom. The number of nitrogens with zero attached hydrogens (tertiary/aromatic N) is 4. The first-order valence-corrected chi connectivity index (χ1v) is 40.1. The molecule has 117 heavy (non-hydrogen) atoms. The van der Waals surface area contributed by atoms with E-state index < -0.39 is 64.9 Å². The Balaban J connectivity index is -0.00000137. The first-order valence-electron chi connectivity index (χ1n) is 39.0. The van der Waals surface area contributed by atoms with Gasteiger partial charge in [0.15, 0.2) is 11.6 Å². The van der Waals surface area contributed by atoms with Crippen molar-refractivity contribution < 1.29 is 150 Å². The Labute approximate surface area is 749 Å². The molecule has 0 saturated carbocycles. The van der Waals surface area contributed by atoms with Crippen LogP contribution in [0.2, 0.25) is 0 Å². The molecule has 4 aromatic rings. The zero-order valence-electron chi connectivity index (χ0n) is 69.3. The van der Waals surface area contributed by atoms with Crippen LogP contribution < -0.4 is 68.2 Å². The standard InChI is InChI=1S/C25H36N2O5.2C16H21NO4.C9H17NO2.C9H11NO2.C6H11NO3.C2H6.CH2Cl2.3CH4.K.H/c1-18(2)13-22(23(29)25(3)17-32-25)26-24(30)20(14-19-7-5-4-6-8-19)15-21(28)16-27-9-11-31-12-10-27;2*18-15(12-17-6-8-21-9-7-17)11-14(16(19)20)10-13-4-2-1-3-5-13;1-6(2)4-7(10)8(11)9(3)5-12-9;10-8(9(11)12)6-7-4-2-1-3-5-7;8-6(9)5-7-1-3-10-4-2-7;1-2;2-1-3;;;;;/h4-8,18,20,22H,9-17H2,1-3H3,(H,26,30);2*1-5,14H,6-12H2,(H,19,20);6-7H,4-5,10H2,1-3H3;1-5,8H,6,10H2,(H,11,12);1-5H2,(H,8,9);1-2H3;1H2;3*1H4;;/q;;;;;;;;;;;+1;-1/t20-,22+,25-;2*14-;7-,9+;8-;;;;;;;;/m11100......../s1. The van der Waals surface area contributed by atoms with Gasteiger partial charge in [0.2, 0.25) is 5.91 Å². The molecule has 27 nitrogen and oxygen atoms in total. The Morgan fingerprint density at radius 2 is 0.692 bits per heavy atom. The van der Waals surface area contributed by atoms with Gasteiger partial charge in [-0.1, -0.05) is 185 Å². The first-order chi connectivity index (χ1) is 53.9. The molecule has 656 valence electrons. The molecule has 6 saturated heterocycles. The average molecular weight is 1710 g/mol. The van der Waals surface area contributed by atoms with Gasteiger partial charge in [-0.15, -0.1) is 23.2 Å². The summed E-state index contributed by atoms with van der Waals surface area (Å²) in [6.07, 6.45) is 3.24. The minimum Gasteiger partial charge on any atom is -1.00 e. The predicted molar refractivity (Wildman–Crippen MR) is 454 cm³/mol. The fourth-order valence-corrected chi connectivity index (χ4v) is 12.3. The average Bonchev–Trinajstić information content (AvgIpc) is 1.65. The number of aliphatic carboxylic acids is 4. The Morgan fingerprint density at radius 1 is 0.427 bits per heavy atom. The van der Waals surface area contributed by atoms with Crippen molar-refractivity contribution in [2.45, 2.75) is 165 Å². The molecule has 0 bridgehead atoms. The number of epoxide rings is 2. The van der Waals surface area contributed by atoms with Crippen LogP contribution in [0.4, 0.5) is 0 Å². The summed E-state index contributed by atoms with van der Waals surface area (Å²) < 4.78 is 31.2. The zero-order chi connectivity index (χ0) is 83.7. The molecular formula is C87H138Cl2KN7O20. The molecule has 0 aliphatic carbocycles. The molecule has 8 atom stereocenters. The summed E-state index contributed by atoms with van der Waals surface area (Å²) >= 11 is 9.53. The number of ether oxygens (including phenoxy) is 6. The van der Waals surface area contributed by atoms with E-state index in [4.69, 9.17) is 73.3 Å². The number of ketones is 5. The van der Waals surface area contributed by atoms with Gasteiger partial charge in [0.25, 0.3) is 0 Å². The van der Waals surface area contributed by atoms with Gasteiger partial charge in [-0.05, 0) is 86.5 Å². The third-order valence-electron chi connectivity index (χ3n) is 18.7. The van der Waals surface area contributed by atoms with Crippen LogP contribution in [0.3, 0.4) is 0 Å². The van der Waals surface area contributed by atoms with Crippen LogP contribution in [0.25, 0.3) is 0 Å². The van der Waals surface area contributed by atoms with E-state index in [-0.39, 0.29) is 153 Å². The van der Waals surface area contributed by atoms with Crippen LogP contribution in [-0.4, -0.2) is 278 Å². The van der Waals surface area contributed by atoms with E-state index in [0.717, 1.165) is 81.0 Å². The summed E-state index contributed by atoms with van der Waals surface area (Å²) in [5, 5.41) is 38.7. The molecule has 6 heterocycles. The van der Waals surface area contributed by atoms with Crippen molar-refractivity contribution >= 4 is 81.9 Å². The first kappa shape index (κ1) is 113. The van der Waals surface area contributed by atoms with E-state index in [2.05, 4.69) is 24.1 Å². The summed E-state index contributed by atoms with van der Waals surface area (Å²) in [5.74, 6) is -4.94. The minimum atomic E-state index is -0.959. The van der Waals surface area contributed by atoms with E-state index >= 15 is 0 Å². The maximum absolute atomic E-state index is 13.3. The number of carbonyl (C=O) groups excluding carboxylic acids is 6. The van der Waals surface area contributed by atoms with E-state index in [0.29, 0.717) is 124 Å². The van der Waals surface area contributed by atoms with Crippen LogP contribution in [0.1, 0.15) is 133 Å². The van der Waals surface area contributed by atoms with Gasteiger partial charge in [-0.3, -0.25) is 67.5 Å². The number of carboxylic acids is 4. The van der Waals surface area contributed by atoms with Crippen LogP contribution in [-0.2, 0) is 102 Å². The van der Waals surface area contributed by atoms with Crippen molar-refractivity contribution in [1.82, 2.24) is 24.9 Å². The second-order valence-electron chi connectivity index (χ2n) is 29.4. The molecule has 0 unspecified atom stereocenters. The fourth-order valence-electron chi connectivity index (χ4n) is 12.3. The van der Waals surface area contributed by atoms with Crippen molar-refractivity contribution in [2.24, 2.45) is 41.1 Å². The predicted octanol–water partition coefficient (Wildman–Crippen LogP) is 6.70. The van der Waals surface area contributed by atoms with E-state index in [1.54, 1.807) is 13.8 Å². The van der Waals surface area contributed by atoms with Gasteiger partial charge in [0.05, 0.1) is 122 Å². The van der Waals surface area contributed by atoms with Crippen molar-refractivity contribution in [2.75, 3.05) is 150 Å². The molecular weight excluding hydrogens is 1570 g/mol. The Hall–Kier alpha value is -5.68. The minimum absolute atomic E-state index is 0. The number of nitrogens with two attached hydrogens (primary N) is 2. The number of Topliss-reactive ketones (excluding diaryl/α,β-unsaturated/α-hetero) is 5.